The average Bonchev–Trinajstić information content (AvgIpc) is 2.37. The zero-order valence-corrected chi connectivity index (χ0v) is 12.6. The summed E-state index contributed by atoms with van der Waals surface area (Å²) in [7, 11) is 1.81. The highest BCUT2D eigenvalue weighted by Gasteiger charge is 2.29. The number of thiol groups is 1. The smallest absolute Gasteiger partial charge is 0.0502 e. The first-order chi connectivity index (χ1) is 8.19. The highest BCUT2D eigenvalue weighted by atomic mass is 32.1. The van der Waals surface area contributed by atoms with Crippen molar-refractivity contribution in [2.45, 2.75) is 39.5 Å². The minimum Gasteiger partial charge on any atom is -0.384 e. The van der Waals surface area contributed by atoms with Gasteiger partial charge in [0.15, 0.2) is 0 Å². The minimum absolute atomic E-state index is 0.415. The van der Waals surface area contributed by atoms with Crippen LogP contribution < -0.4 is 0 Å². The van der Waals surface area contributed by atoms with Crippen LogP contribution in [-0.2, 0) is 4.74 Å². The third-order valence-electron chi connectivity index (χ3n) is 4.40. The molecule has 1 fully saturated rings. The van der Waals surface area contributed by atoms with Crippen molar-refractivity contribution in [1.82, 2.24) is 4.90 Å². The molecule has 0 amide bonds. The molecule has 17 heavy (non-hydrogen) atoms. The average molecular weight is 259 g/mol. The summed E-state index contributed by atoms with van der Waals surface area (Å²) < 4.78 is 5.30. The molecule has 0 N–H and O–H groups in total. The third-order valence-corrected chi connectivity index (χ3v) is 5.07. The first kappa shape index (κ1) is 15.3. The minimum atomic E-state index is 0.415. The molecule has 1 atom stereocenters. The predicted molar refractivity (Wildman–Crippen MR) is 77.9 cm³/mol. The zero-order chi connectivity index (χ0) is 12.7. The lowest BCUT2D eigenvalue weighted by Gasteiger charge is -2.40. The van der Waals surface area contributed by atoms with E-state index in [9.17, 15) is 0 Å². The molecule has 0 aromatic heterocycles. The maximum absolute atomic E-state index is 5.30. The SMILES string of the molecule is CCC(CC)(CS)CN1CCCC(COC)C1. The van der Waals surface area contributed by atoms with Crippen LogP contribution in [0, 0.1) is 11.3 Å². The van der Waals surface area contributed by atoms with Gasteiger partial charge < -0.3 is 9.64 Å². The molecule has 0 bridgehead atoms. The van der Waals surface area contributed by atoms with Crippen LogP contribution in [-0.4, -0.2) is 44.0 Å². The first-order valence-corrected chi connectivity index (χ1v) is 7.65. The van der Waals surface area contributed by atoms with Gasteiger partial charge in [-0.1, -0.05) is 13.8 Å². The molecule has 1 heterocycles. The summed E-state index contributed by atoms with van der Waals surface area (Å²) in [5, 5.41) is 0. The quantitative estimate of drug-likeness (QED) is 0.705. The van der Waals surface area contributed by atoms with Gasteiger partial charge in [-0.25, -0.2) is 0 Å². The van der Waals surface area contributed by atoms with E-state index in [2.05, 4.69) is 31.4 Å². The lowest BCUT2D eigenvalue weighted by atomic mass is 9.83. The molecule has 102 valence electrons. The summed E-state index contributed by atoms with van der Waals surface area (Å²) in [6.07, 6.45) is 5.12. The van der Waals surface area contributed by atoms with Crippen LogP contribution in [0.25, 0.3) is 0 Å². The molecule has 1 unspecified atom stereocenters. The summed E-state index contributed by atoms with van der Waals surface area (Å²) in [5.74, 6) is 1.74. The topological polar surface area (TPSA) is 12.5 Å². The van der Waals surface area contributed by atoms with E-state index >= 15 is 0 Å². The highest BCUT2D eigenvalue weighted by molar-refractivity contribution is 7.80. The molecule has 0 radical (unpaired) electrons. The number of methoxy groups -OCH3 is 1. The van der Waals surface area contributed by atoms with E-state index in [-0.39, 0.29) is 0 Å². The number of likely N-dealkylation sites (tertiary alicyclic amines) is 1. The molecule has 3 heteroatoms. The van der Waals surface area contributed by atoms with Gasteiger partial charge in [-0.05, 0) is 49.3 Å². The van der Waals surface area contributed by atoms with Gasteiger partial charge in [-0.2, -0.15) is 12.6 Å². The molecule has 1 aliphatic heterocycles. The number of hydrogen-bond donors (Lipinski definition) is 1. The van der Waals surface area contributed by atoms with Crippen LogP contribution in [0.3, 0.4) is 0 Å². The Morgan fingerprint density at radius 1 is 1.35 bits per heavy atom. The molecule has 0 aromatic rings. The molecule has 2 nitrogen and oxygen atoms in total. The number of ether oxygens (including phenoxy) is 1. The van der Waals surface area contributed by atoms with Crippen molar-refractivity contribution in [3.05, 3.63) is 0 Å². The van der Waals surface area contributed by atoms with E-state index in [1.165, 1.54) is 45.3 Å². The summed E-state index contributed by atoms with van der Waals surface area (Å²) in [5.41, 5.74) is 0.415. The molecular weight excluding hydrogens is 230 g/mol. The monoisotopic (exact) mass is 259 g/mol. The Hall–Kier alpha value is 0.270. The molecular formula is C14H29NOS. The second-order valence-electron chi connectivity index (χ2n) is 5.56. The van der Waals surface area contributed by atoms with Crippen LogP contribution in [0.15, 0.2) is 0 Å². The van der Waals surface area contributed by atoms with Gasteiger partial charge in [-0.15, -0.1) is 0 Å². The predicted octanol–water partition coefficient (Wildman–Crippen LogP) is 3.08. The second kappa shape index (κ2) is 7.65. The lowest BCUT2D eigenvalue weighted by molar-refractivity contribution is 0.0657. The number of rotatable bonds is 7. The van der Waals surface area contributed by atoms with Gasteiger partial charge in [0.1, 0.15) is 0 Å². The summed E-state index contributed by atoms with van der Waals surface area (Å²) in [4.78, 5) is 2.64. The van der Waals surface area contributed by atoms with Crippen molar-refractivity contribution in [2.24, 2.45) is 11.3 Å². The fourth-order valence-electron chi connectivity index (χ4n) is 2.89. The van der Waals surface area contributed by atoms with Crippen molar-refractivity contribution in [3.8, 4) is 0 Å². The van der Waals surface area contributed by atoms with Crippen molar-refractivity contribution in [2.75, 3.05) is 39.1 Å². The van der Waals surface area contributed by atoms with Crippen molar-refractivity contribution in [3.63, 3.8) is 0 Å². The molecule has 0 spiro atoms. The molecule has 1 saturated heterocycles. The maximum atomic E-state index is 5.30. The normalized spacial score (nSPS) is 22.9. The maximum Gasteiger partial charge on any atom is 0.0502 e. The number of nitrogens with zero attached hydrogens (tertiary/aromatic N) is 1. The van der Waals surface area contributed by atoms with E-state index in [0.29, 0.717) is 5.41 Å². The van der Waals surface area contributed by atoms with E-state index in [4.69, 9.17) is 4.74 Å². The summed E-state index contributed by atoms with van der Waals surface area (Å²) >= 11 is 4.57. The molecule has 1 rings (SSSR count). The Morgan fingerprint density at radius 2 is 2.06 bits per heavy atom. The Labute approximate surface area is 113 Å². The van der Waals surface area contributed by atoms with Crippen LogP contribution in [0.1, 0.15) is 39.5 Å². The van der Waals surface area contributed by atoms with Gasteiger partial charge in [0.2, 0.25) is 0 Å². The Kier molecular flexibility index (Phi) is 6.90. The Morgan fingerprint density at radius 3 is 2.59 bits per heavy atom. The van der Waals surface area contributed by atoms with E-state index in [0.717, 1.165) is 18.3 Å². The van der Waals surface area contributed by atoms with Gasteiger partial charge in [0.05, 0.1) is 6.61 Å². The summed E-state index contributed by atoms with van der Waals surface area (Å²) in [6.45, 7) is 9.21. The van der Waals surface area contributed by atoms with Crippen LogP contribution in [0.5, 0.6) is 0 Å². The van der Waals surface area contributed by atoms with Crippen LogP contribution >= 0.6 is 12.6 Å². The second-order valence-corrected chi connectivity index (χ2v) is 5.88. The van der Waals surface area contributed by atoms with Gasteiger partial charge in [-0.3, -0.25) is 0 Å². The molecule has 0 aromatic carbocycles. The van der Waals surface area contributed by atoms with Crippen LogP contribution in [0.4, 0.5) is 0 Å². The fourth-order valence-corrected chi connectivity index (χ4v) is 3.44. The molecule has 1 aliphatic rings. The van der Waals surface area contributed by atoms with Gasteiger partial charge >= 0.3 is 0 Å². The lowest BCUT2D eigenvalue weighted by Crippen LogP contribution is -2.44. The first-order valence-electron chi connectivity index (χ1n) is 7.02. The molecule has 0 saturated carbocycles. The van der Waals surface area contributed by atoms with Crippen molar-refractivity contribution < 1.29 is 4.74 Å². The summed E-state index contributed by atoms with van der Waals surface area (Å²) in [6, 6.07) is 0. The van der Waals surface area contributed by atoms with E-state index < -0.39 is 0 Å². The highest BCUT2D eigenvalue weighted by Crippen LogP contribution is 2.30. The Bertz CT molecular complexity index is 196. The molecule has 0 aliphatic carbocycles. The van der Waals surface area contributed by atoms with E-state index in [1.54, 1.807) is 0 Å². The van der Waals surface area contributed by atoms with Crippen molar-refractivity contribution in [1.29, 1.82) is 0 Å². The van der Waals surface area contributed by atoms with Crippen molar-refractivity contribution >= 4 is 12.6 Å². The van der Waals surface area contributed by atoms with Crippen LogP contribution in [0.2, 0.25) is 0 Å². The van der Waals surface area contributed by atoms with E-state index in [1.807, 2.05) is 7.11 Å². The van der Waals surface area contributed by atoms with Gasteiger partial charge in [0.25, 0.3) is 0 Å². The Balaban J connectivity index is 2.49. The fraction of sp³-hybridized carbons (Fsp3) is 1.00. The third kappa shape index (κ3) is 4.46. The number of piperidine rings is 1. The van der Waals surface area contributed by atoms with Gasteiger partial charge in [0, 0.05) is 20.2 Å². The standard InChI is InChI=1S/C14H29NOS/c1-4-14(5-2,12-17)11-15-8-6-7-13(9-15)10-16-3/h13,17H,4-12H2,1-3H3. The zero-order valence-electron chi connectivity index (χ0n) is 11.7. The largest absolute Gasteiger partial charge is 0.384 e. The number of hydrogen-bond acceptors (Lipinski definition) is 3.